The van der Waals surface area contributed by atoms with Gasteiger partial charge >= 0.3 is 12.1 Å². The van der Waals surface area contributed by atoms with E-state index in [0.29, 0.717) is 12.3 Å². The Morgan fingerprint density at radius 2 is 1.81 bits per heavy atom. The zero-order valence-electron chi connectivity index (χ0n) is 16.8. The van der Waals surface area contributed by atoms with E-state index in [0.717, 1.165) is 32.1 Å². The highest BCUT2D eigenvalue weighted by Gasteiger charge is 2.38. The van der Waals surface area contributed by atoms with E-state index in [1.807, 2.05) is 6.07 Å². The monoisotopic (exact) mass is 439 g/mol. The molecule has 0 bridgehead atoms. The van der Waals surface area contributed by atoms with Crippen LogP contribution in [0.25, 0.3) is 0 Å². The molecular formula is C20H24F3N5O3. The van der Waals surface area contributed by atoms with Crippen LogP contribution < -0.4 is 10.2 Å². The summed E-state index contributed by atoms with van der Waals surface area (Å²) in [6, 6.07) is 6.02. The Balaban J connectivity index is 0.000000339. The van der Waals surface area contributed by atoms with Gasteiger partial charge in [-0.25, -0.2) is 14.8 Å². The van der Waals surface area contributed by atoms with Crippen molar-refractivity contribution >= 4 is 17.8 Å². The van der Waals surface area contributed by atoms with Gasteiger partial charge in [0.25, 0.3) is 0 Å². The van der Waals surface area contributed by atoms with Crippen LogP contribution in [0.4, 0.5) is 19.1 Å². The average molecular weight is 439 g/mol. The summed E-state index contributed by atoms with van der Waals surface area (Å²) >= 11 is 0. The van der Waals surface area contributed by atoms with Crippen LogP contribution in [0.3, 0.4) is 0 Å². The summed E-state index contributed by atoms with van der Waals surface area (Å²) in [7, 11) is 0. The van der Waals surface area contributed by atoms with Gasteiger partial charge < -0.3 is 19.9 Å². The summed E-state index contributed by atoms with van der Waals surface area (Å²) in [6.07, 6.45) is 3.62. The van der Waals surface area contributed by atoms with Gasteiger partial charge in [0.15, 0.2) is 0 Å². The first-order valence-corrected chi connectivity index (χ1v) is 9.95. The van der Waals surface area contributed by atoms with Gasteiger partial charge in [-0.15, -0.1) is 0 Å². The number of carbonyl (C=O) groups is 2. The Hall–Kier alpha value is -3.11. The number of amides is 1. The number of fused-ring (bicyclic) bond motifs is 1. The lowest BCUT2D eigenvalue weighted by Gasteiger charge is -2.23. The van der Waals surface area contributed by atoms with Crippen molar-refractivity contribution in [3.8, 4) is 0 Å². The molecular weight excluding hydrogens is 415 g/mol. The molecule has 0 spiro atoms. The largest absolute Gasteiger partial charge is 0.490 e. The molecule has 1 fully saturated rings. The van der Waals surface area contributed by atoms with Crippen LogP contribution in [-0.4, -0.2) is 50.8 Å². The molecule has 1 amide bonds. The molecule has 0 saturated heterocycles. The van der Waals surface area contributed by atoms with Gasteiger partial charge in [0.2, 0.25) is 11.9 Å². The van der Waals surface area contributed by atoms with Crippen LogP contribution >= 0.6 is 0 Å². The molecule has 4 rings (SSSR count). The molecule has 1 aliphatic heterocycles. The summed E-state index contributed by atoms with van der Waals surface area (Å²) in [5, 5.41) is 10.2. The second kappa shape index (κ2) is 9.80. The molecule has 1 saturated carbocycles. The number of rotatable bonds is 5. The molecule has 3 heterocycles. The lowest BCUT2D eigenvalue weighted by atomic mass is 10.0. The Bertz CT molecular complexity index is 884. The molecule has 8 nitrogen and oxygen atoms in total. The molecule has 1 unspecified atom stereocenters. The smallest absolute Gasteiger partial charge is 0.475 e. The first kappa shape index (κ1) is 22.6. The second-order valence-electron chi connectivity index (χ2n) is 7.70. The third-order valence-corrected chi connectivity index (χ3v) is 5.05. The SMILES string of the molecule is O=C(CC1CN(c2ncccn2)Cc2cccn2C1)NCC1CC1.O=C(O)C(F)(F)F. The van der Waals surface area contributed by atoms with Crippen molar-refractivity contribution in [1.82, 2.24) is 19.9 Å². The van der Waals surface area contributed by atoms with Crippen LogP contribution in [0.2, 0.25) is 0 Å². The van der Waals surface area contributed by atoms with E-state index in [9.17, 15) is 18.0 Å². The summed E-state index contributed by atoms with van der Waals surface area (Å²) < 4.78 is 34.0. The van der Waals surface area contributed by atoms with Crippen molar-refractivity contribution < 1.29 is 27.9 Å². The highest BCUT2D eigenvalue weighted by atomic mass is 19.4. The van der Waals surface area contributed by atoms with E-state index in [2.05, 4.69) is 43.1 Å². The first-order chi connectivity index (χ1) is 14.7. The van der Waals surface area contributed by atoms with Gasteiger partial charge in [-0.2, -0.15) is 13.2 Å². The molecule has 2 aromatic heterocycles. The van der Waals surface area contributed by atoms with E-state index in [1.54, 1.807) is 12.4 Å². The van der Waals surface area contributed by atoms with Crippen LogP contribution in [0.15, 0.2) is 36.8 Å². The number of alkyl halides is 3. The minimum Gasteiger partial charge on any atom is -0.475 e. The third-order valence-electron chi connectivity index (χ3n) is 5.05. The second-order valence-corrected chi connectivity index (χ2v) is 7.70. The Kier molecular flexibility index (Phi) is 7.13. The van der Waals surface area contributed by atoms with Gasteiger partial charge in [-0.1, -0.05) is 0 Å². The summed E-state index contributed by atoms with van der Waals surface area (Å²) in [6.45, 7) is 3.27. The van der Waals surface area contributed by atoms with Crippen molar-refractivity contribution in [3.63, 3.8) is 0 Å². The van der Waals surface area contributed by atoms with Gasteiger partial charge in [0.1, 0.15) is 0 Å². The Morgan fingerprint density at radius 1 is 1.13 bits per heavy atom. The normalized spacial score (nSPS) is 18.3. The van der Waals surface area contributed by atoms with Crippen molar-refractivity contribution in [1.29, 1.82) is 0 Å². The van der Waals surface area contributed by atoms with Gasteiger partial charge in [0, 0.05) is 56.3 Å². The molecule has 0 aromatic carbocycles. The van der Waals surface area contributed by atoms with Crippen molar-refractivity contribution in [3.05, 3.63) is 42.5 Å². The van der Waals surface area contributed by atoms with E-state index in [-0.39, 0.29) is 11.8 Å². The van der Waals surface area contributed by atoms with E-state index < -0.39 is 12.1 Å². The fraction of sp³-hybridized carbons (Fsp3) is 0.500. The van der Waals surface area contributed by atoms with E-state index in [4.69, 9.17) is 9.90 Å². The third kappa shape index (κ3) is 6.97. The Labute approximate surface area is 177 Å². The predicted octanol–water partition coefficient (Wildman–Crippen LogP) is 2.46. The number of carboxylic acid groups (broad SMARTS) is 1. The van der Waals surface area contributed by atoms with E-state index >= 15 is 0 Å². The highest BCUT2D eigenvalue weighted by Crippen LogP contribution is 2.28. The van der Waals surface area contributed by atoms with Gasteiger partial charge in [0.05, 0.1) is 6.54 Å². The predicted molar refractivity (Wildman–Crippen MR) is 105 cm³/mol. The fourth-order valence-corrected chi connectivity index (χ4v) is 3.33. The van der Waals surface area contributed by atoms with Crippen LogP contribution in [-0.2, 0) is 22.7 Å². The van der Waals surface area contributed by atoms with Gasteiger partial charge in [-0.05, 0) is 37.0 Å². The number of carbonyl (C=O) groups excluding carboxylic acids is 1. The minimum atomic E-state index is -5.08. The quantitative estimate of drug-likeness (QED) is 0.743. The average Bonchev–Trinajstić information content (AvgIpc) is 3.49. The Morgan fingerprint density at radius 3 is 2.42 bits per heavy atom. The summed E-state index contributed by atoms with van der Waals surface area (Å²) in [5.74, 6) is -0.894. The van der Waals surface area contributed by atoms with Gasteiger partial charge in [-0.3, -0.25) is 4.79 Å². The lowest BCUT2D eigenvalue weighted by molar-refractivity contribution is -0.192. The molecule has 11 heteroatoms. The number of aromatic nitrogens is 3. The molecule has 1 atom stereocenters. The van der Waals surface area contributed by atoms with Crippen LogP contribution in [0.1, 0.15) is 25.0 Å². The fourth-order valence-electron chi connectivity index (χ4n) is 3.33. The zero-order chi connectivity index (χ0) is 22.4. The molecule has 0 radical (unpaired) electrons. The lowest BCUT2D eigenvalue weighted by Crippen LogP contribution is -2.34. The molecule has 2 aliphatic rings. The highest BCUT2D eigenvalue weighted by molar-refractivity contribution is 5.76. The van der Waals surface area contributed by atoms with Crippen LogP contribution in [0.5, 0.6) is 0 Å². The number of hydrogen-bond donors (Lipinski definition) is 2. The number of nitrogens with one attached hydrogen (secondary N) is 1. The molecule has 31 heavy (non-hydrogen) atoms. The summed E-state index contributed by atoms with van der Waals surface area (Å²) in [5.41, 5.74) is 1.24. The molecule has 2 N–H and O–H groups in total. The maximum atomic E-state index is 12.3. The van der Waals surface area contributed by atoms with Crippen molar-refractivity contribution in [2.75, 3.05) is 18.0 Å². The van der Waals surface area contributed by atoms with Crippen molar-refractivity contribution in [2.45, 2.75) is 38.5 Å². The van der Waals surface area contributed by atoms with E-state index in [1.165, 1.54) is 18.5 Å². The number of aliphatic carboxylic acids is 1. The molecule has 168 valence electrons. The maximum absolute atomic E-state index is 12.3. The minimum absolute atomic E-state index is 0.163. The number of halogens is 3. The number of anilines is 1. The summed E-state index contributed by atoms with van der Waals surface area (Å²) in [4.78, 5) is 32.1. The maximum Gasteiger partial charge on any atom is 0.490 e. The zero-order valence-corrected chi connectivity index (χ0v) is 16.8. The molecule has 1 aliphatic carbocycles. The first-order valence-electron chi connectivity index (χ1n) is 9.95. The topological polar surface area (TPSA) is 100 Å². The van der Waals surface area contributed by atoms with Crippen LogP contribution in [0, 0.1) is 11.8 Å². The van der Waals surface area contributed by atoms with Crippen molar-refractivity contribution in [2.24, 2.45) is 11.8 Å². The number of carboxylic acids is 1. The standard InChI is InChI=1S/C18H23N5O.C2HF3O2/c24-17(21-10-14-4-5-14)9-15-11-22-8-1-3-16(22)13-23(12-15)18-19-6-2-7-20-18;3-2(4,5)1(6)7/h1-3,6-8,14-15H,4-5,9-13H2,(H,21,24);(H,6,7). The number of nitrogens with zero attached hydrogens (tertiary/aromatic N) is 4. The number of hydrogen-bond acceptors (Lipinski definition) is 5. The molecule has 2 aromatic rings.